The van der Waals surface area contributed by atoms with Crippen LogP contribution in [-0.2, 0) is 19.2 Å². The van der Waals surface area contributed by atoms with E-state index < -0.39 is 79.3 Å². The van der Waals surface area contributed by atoms with E-state index in [9.17, 15) is 42.3 Å². The van der Waals surface area contributed by atoms with Crippen molar-refractivity contribution in [1.82, 2.24) is 21.3 Å². The molecule has 14 heteroatoms. The Hall–Kier alpha value is -4.46. The lowest BCUT2D eigenvalue weighted by molar-refractivity contribution is -0.212. The van der Waals surface area contributed by atoms with E-state index in [1.54, 1.807) is 38.1 Å². The number of nitrogens with two attached hydrogens (primary N) is 1. The number of carbonyl (C=O) groups excluding carboxylic acids is 5. The van der Waals surface area contributed by atoms with Crippen LogP contribution in [0.2, 0.25) is 0 Å². The third-order valence-corrected chi connectivity index (χ3v) is 6.43. The van der Waals surface area contributed by atoms with E-state index in [0.717, 1.165) is 11.1 Å². The molecule has 0 fully saturated rings. The molecule has 7 N–H and O–H groups in total. The van der Waals surface area contributed by atoms with Gasteiger partial charge in [-0.15, -0.1) is 0 Å². The number of alkyl halides is 3. The molecule has 234 valence electrons. The van der Waals surface area contributed by atoms with Crippen LogP contribution in [0.3, 0.4) is 0 Å². The topological polar surface area (TPSA) is 180 Å². The summed E-state index contributed by atoms with van der Waals surface area (Å²) >= 11 is 0. The highest BCUT2D eigenvalue weighted by molar-refractivity contribution is 5.98. The summed E-state index contributed by atoms with van der Waals surface area (Å²) in [6.45, 7) is 3.97. The van der Waals surface area contributed by atoms with Gasteiger partial charge in [0.15, 0.2) is 6.10 Å². The van der Waals surface area contributed by atoms with Crippen molar-refractivity contribution in [3.63, 3.8) is 0 Å². The number of aliphatic hydroxyl groups is 1. The van der Waals surface area contributed by atoms with Crippen molar-refractivity contribution in [3.8, 4) is 11.1 Å². The molecule has 0 aliphatic heterocycles. The molecular formula is C29H36F3N5O6. The van der Waals surface area contributed by atoms with Crippen LogP contribution >= 0.6 is 0 Å². The first-order valence-corrected chi connectivity index (χ1v) is 13.5. The first kappa shape index (κ1) is 34.7. The SMILES string of the molecule is CC(NC(=O)CNC(=O)C(NC(=O)c1ccc(-c2ccccc2)cc1)C(C)C)C(=O)NC(CCC(N)=O)C(O)C(F)(F)F. The van der Waals surface area contributed by atoms with Crippen LogP contribution in [0.15, 0.2) is 54.6 Å². The van der Waals surface area contributed by atoms with Crippen LogP contribution in [0.4, 0.5) is 13.2 Å². The molecule has 2 aromatic rings. The van der Waals surface area contributed by atoms with Gasteiger partial charge in [0.05, 0.1) is 12.6 Å². The second-order valence-electron chi connectivity index (χ2n) is 10.3. The predicted octanol–water partition coefficient (Wildman–Crippen LogP) is 1.40. The number of amides is 5. The first-order chi connectivity index (χ1) is 20.1. The average molecular weight is 608 g/mol. The third-order valence-electron chi connectivity index (χ3n) is 6.43. The van der Waals surface area contributed by atoms with E-state index in [2.05, 4.69) is 16.0 Å². The van der Waals surface area contributed by atoms with Gasteiger partial charge in [-0.1, -0.05) is 56.3 Å². The molecule has 0 aromatic heterocycles. The van der Waals surface area contributed by atoms with Crippen LogP contribution in [0.25, 0.3) is 11.1 Å². The van der Waals surface area contributed by atoms with Crippen LogP contribution in [0.1, 0.15) is 44.0 Å². The summed E-state index contributed by atoms with van der Waals surface area (Å²) in [5, 5.41) is 18.8. The number of carbonyl (C=O) groups is 5. The first-order valence-electron chi connectivity index (χ1n) is 13.5. The summed E-state index contributed by atoms with van der Waals surface area (Å²) < 4.78 is 39.0. The fraction of sp³-hybridized carbons (Fsp3) is 0.414. The zero-order valence-corrected chi connectivity index (χ0v) is 23.9. The zero-order chi connectivity index (χ0) is 32.3. The van der Waals surface area contributed by atoms with Crippen molar-refractivity contribution in [3.05, 3.63) is 60.2 Å². The summed E-state index contributed by atoms with van der Waals surface area (Å²) in [6, 6.07) is 12.1. The van der Waals surface area contributed by atoms with Gasteiger partial charge in [-0.05, 0) is 42.5 Å². The van der Waals surface area contributed by atoms with Crippen molar-refractivity contribution in [2.24, 2.45) is 11.7 Å². The monoisotopic (exact) mass is 607 g/mol. The number of rotatable bonds is 14. The minimum atomic E-state index is -5.08. The average Bonchev–Trinajstić information content (AvgIpc) is 2.95. The van der Waals surface area contributed by atoms with Crippen molar-refractivity contribution in [2.75, 3.05) is 6.54 Å². The van der Waals surface area contributed by atoms with Gasteiger partial charge in [-0.25, -0.2) is 0 Å². The highest BCUT2D eigenvalue weighted by Gasteiger charge is 2.44. The lowest BCUT2D eigenvalue weighted by atomic mass is 10.0. The Morgan fingerprint density at radius 1 is 0.837 bits per heavy atom. The quantitative estimate of drug-likeness (QED) is 0.189. The number of nitrogens with one attached hydrogen (secondary N) is 4. The van der Waals surface area contributed by atoms with Crippen LogP contribution in [0.5, 0.6) is 0 Å². The lowest BCUT2D eigenvalue weighted by Gasteiger charge is -2.27. The van der Waals surface area contributed by atoms with Crippen molar-refractivity contribution in [2.45, 2.75) is 64.0 Å². The highest BCUT2D eigenvalue weighted by Crippen LogP contribution is 2.24. The minimum absolute atomic E-state index is 0.320. The number of halogens is 3. The van der Waals surface area contributed by atoms with Gasteiger partial charge in [0.25, 0.3) is 5.91 Å². The molecule has 2 rings (SSSR count). The number of hydrogen-bond donors (Lipinski definition) is 6. The second-order valence-corrected chi connectivity index (χ2v) is 10.3. The Labute approximate surface area is 246 Å². The van der Waals surface area contributed by atoms with Crippen molar-refractivity contribution < 1.29 is 42.3 Å². The van der Waals surface area contributed by atoms with E-state index in [1.807, 2.05) is 35.6 Å². The molecule has 4 unspecified atom stereocenters. The molecule has 0 saturated carbocycles. The molecule has 43 heavy (non-hydrogen) atoms. The molecule has 0 bridgehead atoms. The predicted molar refractivity (Wildman–Crippen MR) is 151 cm³/mol. The summed E-state index contributed by atoms with van der Waals surface area (Å²) in [5.41, 5.74) is 7.15. The lowest BCUT2D eigenvalue weighted by Crippen LogP contribution is -2.56. The van der Waals surface area contributed by atoms with Gasteiger partial charge in [-0.2, -0.15) is 13.2 Å². The fourth-order valence-corrected chi connectivity index (χ4v) is 3.98. The van der Waals surface area contributed by atoms with Gasteiger partial charge in [0.2, 0.25) is 23.6 Å². The second kappa shape index (κ2) is 15.7. The maximum Gasteiger partial charge on any atom is 0.416 e. The summed E-state index contributed by atoms with van der Waals surface area (Å²) in [5.74, 6) is -4.37. The van der Waals surface area contributed by atoms with Crippen LogP contribution in [-0.4, -0.2) is 71.6 Å². The van der Waals surface area contributed by atoms with E-state index in [0.29, 0.717) is 5.56 Å². The van der Waals surface area contributed by atoms with Crippen molar-refractivity contribution >= 4 is 29.5 Å². The van der Waals surface area contributed by atoms with Gasteiger partial charge >= 0.3 is 6.18 Å². The summed E-state index contributed by atoms with van der Waals surface area (Å²) in [4.78, 5) is 61.4. The smallest absolute Gasteiger partial charge is 0.382 e. The standard InChI is InChI=1S/C29H36F3N5O6/c1-16(2)24(37-27(42)20-11-9-19(10-12-20)18-7-5-4-6-8-18)28(43)34-15-23(39)35-17(3)26(41)36-21(13-14-22(33)38)25(40)29(30,31)32/h4-12,16-17,21,24-25,40H,13-15H2,1-3H3,(H2,33,38)(H,34,43)(H,35,39)(H,36,41)(H,37,42). The van der Waals surface area contributed by atoms with Gasteiger partial charge in [0.1, 0.15) is 12.1 Å². The maximum atomic E-state index is 13.0. The number of benzene rings is 2. The molecule has 4 atom stereocenters. The fourth-order valence-electron chi connectivity index (χ4n) is 3.98. The number of aliphatic hydroxyl groups excluding tert-OH is 1. The molecule has 0 aliphatic carbocycles. The Balaban J connectivity index is 1.92. The van der Waals surface area contributed by atoms with Gasteiger partial charge in [-0.3, -0.25) is 24.0 Å². The molecule has 0 saturated heterocycles. The van der Waals surface area contributed by atoms with Crippen LogP contribution < -0.4 is 27.0 Å². The Bertz CT molecular complexity index is 1270. The maximum absolute atomic E-state index is 13.0. The minimum Gasteiger partial charge on any atom is -0.382 e. The number of primary amides is 1. The van der Waals surface area contributed by atoms with E-state index >= 15 is 0 Å². The molecule has 0 heterocycles. The van der Waals surface area contributed by atoms with Crippen molar-refractivity contribution in [1.29, 1.82) is 0 Å². The number of hydrogen-bond acceptors (Lipinski definition) is 6. The Kier molecular flexibility index (Phi) is 12.7. The molecule has 5 amide bonds. The zero-order valence-electron chi connectivity index (χ0n) is 23.9. The van der Waals surface area contributed by atoms with Gasteiger partial charge < -0.3 is 32.1 Å². The normalized spacial score (nSPS) is 14.1. The van der Waals surface area contributed by atoms with E-state index in [4.69, 9.17) is 5.73 Å². The van der Waals surface area contributed by atoms with E-state index in [-0.39, 0.29) is 5.92 Å². The highest BCUT2D eigenvalue weighted by atomic mass is 19.4. The van der Waals surface area contributed by atoms with Gasteiger partial charge in [0, 0.05) is 12.0 Å². The third kappa shape index (κ3) is 11.0. The molecule has 0 radical (unpaired) electrons. The molecule has 0 spiro atoms. The largest absolute Gasteiger partial charge is 0.416 e. The van der Waals surface area contributed by atoms with E-state index in [1.165, 1.54) is 6.92 Å². The molecule has 2 aromatic carbocycles. The molecule has 11 nitrogen and oxygen atoms in total. The summed E-state index contributed by atoms with van der Waals surface area (Å²) in [7, 11) is 0. The summed E-state index contributed by atoms with van der Waals surface area (Å²) in [6.07, 6.45) is -9.17. The Morgan fingerprint density at radius 2 is 1.42 bits per heavy atom. The Morgan fingerprint density at radius 3 is 1.95 bits per heavy atom. The molecule has 0 aliphatic rings. The van der Waals surface area contributed by atoms with Crippen LogP contribution in [0, 0.1) is 5.92 Å². The molecular weight excluding hydrogens is 571 g/mol.